The first-order chi connectivity index (χ1) is 12.6. The fourth-order valence-corrected chi connectivity index (χ4v) is 2.59. The van der Waals surface area contributed by atoms with Crippen LogP contribution in [0.25, 0.3) is 22.1 Å². The van der Waals surface area contributed by atoms with Crippen LogP contribution >= 0.6 is 0 Å². The number of carbonyl (C=O) groups is 2. The monoisotopic (exact) mass is 351 g/mol. The molecule has 0 spiro atoms. The molecule has 2 amide bonds. The summed E-state index contributed by atoms with van der Waals surface area (Å²) in [6, 6.07) is 10.4. The van der Waals surface area contributed by atoms with E-state index in [-0.39, 0.29) is 12.1 Å². The topological polar surface area (TPSA) is 122 Å². The van der Waals surface area contributed by atoms with Gasteiger partial charge in [-0.3, -0.25) is 29.8 Å². The van der Waals surface area contributed by atoms with Crippen molar-refractivity contribution >= 4 is 33.9 Å². The molecule has 1 aromatic carbocycles. The summed E-state index contributed by atoms with van der Waals surface area (Å²) >= 11 is 0. The third-order valence-electron chi connectivity index (χ3n) is 3.82. The number of amides is 2. The van der Waals surface area contributed by atoms with Crippen molar-refractivity contribution in [2.45, 2.75) is 6.54 Å². The Hall–Kier alpha value is -3.88. The third kappa shape index (κ3) is 2.71. The normalized spacial score (nSPS) is 10.9. The van der Waals surface area contributed by atoms with Crippen LogP contribution in [0.2, 0.25) is 0 Å². The van der Waals surface area contributed by atoms with E-state index in [0.29, 0.717) is 16.8 Å². The van der Waals surface area contributed by atoms with Gasteiger partial charge in [0.05, 0.1) is 6.33 Å². The lowest BCUT2D eigenvalue weighted by molar-refractivity contribution is -0.122. The molecule has 4 rings (SSSR count). The zero-order valence-electron chi connectivity index (χ0n) is 13.4. The van der Waals surface area contributed by atoms with Crippen molar-refractivity contribution in [1.82, 2.24) is 25.4 Å². The number of rotatable bonds is 3. The fourth-order valence-electron chi connectivity index (χ4n) is 2.59. The van der Waals surface area contributed by atoms with Gasteiger partial charge in [0.15, 0.2) is 0 Å². The van der Waals surface area contributed by atoms with E-state index in [4.69, 9.17) is 4.42 Å². The number of hydrazine groups is 1. The highest BCUT2D eigenvalue weighted by Crippen LogP contribution is 2.23. The molecule has 9 nitrogen and oxygen atoms in total. The number of hydrogen-bond acceptors (Lipinski definition) is 5. The van der Waals surface area contributed by atoms with Crippen LogP contribution < -0.4 is 16.4 Å². The maximum absolute atomic E-state index is 12.5. The van der Waals surface area contributed by atoms with Crippen LogP contribution in [0.5, 0.6) is 0 Å². The second kappa shape index (κ2) is 6.20. The molecule has 26 heavy (non-hydrogen) atoms. The molecule has 0 aliphatic heterocycles. The van der Waals surface area contributed by atoms with Crippen LogP contribution in [0.3, 0.4) is 0 Å². The molecule has 3 N–H and O–H groups in total. The van der Waals surface area contributed by atoms with Crippen molar-refractivity contribution in [2.24, 2.45) is 0 Å². The summed E-state index contributed by atoms with van der Waals surface area (Å²) in [7, 11) is 0. The predicted molar refractivity (Wildman–Crippen MR) is 92.2 cm³/mol. The van der Waals surface area contributed by atoms with E-state index in [1.807, 2.05) is 6.07 Å². The number of H-pyrrole nitrogens is 1. The van der Waals surface area contributed by atoms with Crippen LogP contribution in [0.1, 0.15) is 10.5 Å². The number of furan rings is 1. The Morgan fingerprint density at radius 1 is 1.15 bits per heavy atom. The standard InChI is InChI=1S/C17H13N5O4/c23-13(20-21-16(24)11-5-3-7-18-11)8-22-9-19-14-10-4-1-2-6-12(10)26-15(14)17(22)25/h1-7,9,18H,8H2,(H,20,23)(H,21,24). The van der Waals surface area contributed by atoms with Gasteiger partial charge in [0.25, 0.3) is 17.4 Å². The summed E-state index contributed by atoms with van der Waals surface area (Å²) in [6.45, 7) is -0.316. The van der Waals surface area contributed by atoms with Crippen molar-refractivity contribution in [3.63, 3.8) is 0 Å². The summed E-state index contributed by atoms with van der Waals surface area (Å²) in [5, 5.41) is 0.731. The van der Waals surface area contributed by atoms with E-state index >= 15 is 0 Å². The molecule has 0 saturated carbocycles. The Morgan fingerprint density at radius 3 is 2.81 bits per heavy atom. The number of hydrogen-bond donors (Lipinski definition) is 3. The Balaban J connectivity index is 1.52. The SMILES string of the molecule is O=C(Cn1cnc2c(oc3ccccc32)c1=O)NNC(=O)c1ccc[nH]1. The van der Waals surface area contributed by atoms with Crippen molar-refractivity contribution in [3.05, 3.63) is 65.0 Å². The maximum atomic E-state index is 12.5. The summed E-state index contributed by atoms with van der Waals surface area (Å²) in [4.78, 5) is 43.2. The van der Waals surface area contributed by atoms with Gasteiger partial charge < -0.3 is 9.40 Å². The third-order valence-corrected chi connectivity index (χ3v) is 3.82. The minimum atomic E-state index is -0.579. The molecule has 0 saturated heterocycles. The molecule has 0 fully saturated rings. The number of para-hydroxylation sites is 1. The predicted octanol–water partition coefficient (Wildman–Crippen LogP) is 0.932. The van der Waals surface area contributed by atoms with Gasteiger partial charge >= 0.3 is 0 Å². The van der Waals surface area contributed by atoms with Gasteiger partial charge in [-0.2, -0.15) is 0 Å². The zero-order valence-corrected chi connectivity index (χ0v) is 13.4. The number of aromatic amines is 1. The van der Waals surface area contributed by atoms with Gasteiger partial charge in [0.2, 0.25) is 5.58 Å². The largest absolute Gasteiger partial charge is 0.448 e. The van der Waals surface area contributed by atoms with E-state index in [1.165, 1.54) is 6.33 Å². The van der Waals surface area contributed by atoms with Gasteiger partial charge in [0, 0.05) is 11.6 Å². The maximum Gasteiger partial charge on any atom is 0.297 e. The van der Waals surface area contributed by atoms with E-state index in [0.717, 1.165) is 9.95 Å². The van der Waals surface area contributed by atoms with Crippen molar-refractivity contribution in [3.8, 4) is 0 Å². The van der Waals surface area contributed by atoms with Gasteiger partial charge in [-0.15, -0.1) is 0 Å². The molecule has 130 valence electrons. The summed E-state index contributed by atoms with van der Waals surface area (Å²) < 4.78 is 6.66. The molecule has 3 aromatic heterocycles. The first-order valence-corrected chi connectivity index (χ1v) is 7.73. The summed E-state index contributed by atoms with van der Waals surface area (Å²) in [5.41, 5.74) is 5.40. The highest BCUT2D eigenvalue weighted by molar-refractivity contribution is 6.01. The number of nitrogens with one attached hydrogen (secondary N) is 3. The molecule has 0 aliphatic rings. The van der Waals surface area contributed by atoms with Crippen molar-refractivity contribution in [2.75, 3.05) is 0 Å². The Morgan fingerprint density at radius 2 is 2.00 bits per heavy atom. The number of benzene rings is 1. The van der Waals surface area contributed by atoms with Crippen LogP contribution in [-0.4, -0.2) is 26.3 Å². The first-order valence-electron chi connectivity index (χ1n) is 7.73. The van der Waals surface area contributed by atoms with Crippen LogP contribution in [0, 0.1) is 0 Å². The van der Waals surface area contributed by atoms with E-state index < -0.39 is 17.4 Å². The van der Waals surface area contributed by atoms with Crippen LogP contribution in [-0.2, 0) is 11.3 Å². The molecular formula is C17H13N5O4. The number of carbonyl (C=O) groups excluding carboxylic acids is 2. The van der Waals surface area contributed by atoms with Crippen molar-refractivity contribution < 1.29 is 14.0 Å². The minimum absolute atomic E-state index is 0.0805. The molecular weight excluding hydrogens is 338 g/mol. The Labute approximate surface area is 145 Å². The van der Waals surface area contributed by atoms with Gasteiger partial charge in [0.1, 0.15) is 23.3 Å². The van der Waals surface area contributed by atoms with E-state index in [1.54, 1.807) is 36.5 Å². The lowest BCUT2D eigenvalue weighted by Crippen LogP contribution is -2.44. The van der Waals surface area contributed by atoms with Crippen LogP contribution in [0.15, 0.2) is 58.1 Å². The van der Waals surface area contributed by atoms with Gasteiger partial charge in [-0.25, -0.2) is 4.98 Å². The summed E-state index contributed by atoms with van der Waals surface area (Å²) in [6.07, 6.45) is 2.86. The van der Waals surface area contributed by atoms with Crippen LogP contribution in [0.4, 0.5) is 0 Å². The highest BCUT2D eigenvalue weighted by Gasteiger charge is 2.15. The average Bonchev–Trinajstić information content (AvgIpc) is 3.30. The minimum Gasteiger partial charge on any atom is -0.448 e. The van der Waals surface area contributed by atoms with E-state index in [2.05, 4.69) is 20.8 Å². The summed E-state index contributed by atoms with van der Waals surface area (Å²) in [5.74, 6) is -1.08. The molecule has 9 heteroatoms. The molecule has 0 aliphatic carbocycles. The number of fused-ring (bicyclic) bond motifs is 3. The quantitative estimate of drug-likeness (QED) is 0.474. The lowest BCUT2D eigenvalue weighted by atomic mass is 10.2. The molecule has 0 bridgehead atoms. The number of nitrogens with zero attached hydrogens (tertiary/aromatic N) is 2. The second-order valence-electron chi connectivity index (χ2n) is 5.54. The zero-order chi connectivity index (χ0) is 18.1. The molecule has 0 radical (unpaired) electrons. The molecule has 0 unspecified atom stereocenters. The Kier molecular flexibility index (Phi) is 3.73. The molecule has 0 atom stereocenters. The van der Waals surface area contributed by atoms with Gasteiger partial charge in [-0.05, 0) is 24.3 Å². The molecule has 4 aromatic rings. The first kappa shape index (κ1) is 15.6. The average molecular weight is 351 g/mol. The second-order valence-corrected chi connectivity index (χ2v) is 5.54. The van der Waals surface area contributed by atoms with Crippen molar-refractivity contribution in [1.29, 1.82) is 0 Å². The number of aromatic nitrogens is 3. The highest BCUT2D eigenvalue weighted by atomic mass is 16.3. The van der Waals surface area contributed by atoms with E-state index in [9.17, 15) is 14.4 Å². The molecule has 3 heterocycles. The fraction of sp³-hybridized carbons (Fsp3) is 0.0588. The smallest absolute Gasteiger partial charge is 0.297 e. The lowest BCUT2D eigenvalue weighted by Gasteiger charge is -2.07. The Bertz CT molecular complexity index is 1170. The van der Waals surface area contributed by atoms with Gasteiger partial charge in [-0.1, -0.05) is 12.1 Å².